The second-order valence-corrected chi connectivity index (χ2v) is 7.20. The van der Waals surface area contributed by atoms with Gasteiger partial charge in [-0.3, -0.25) is 14.3 Å². The maximum atomic E-state index is 12.2. The number of aryl methyl sites for hydroxylation is 3. The molecule has 190 valence electrons. The zero-order chi connectivity index (χ0) is 26.4. The molecule has 34 heavy (non-hydrogen) atoms. The Bertz CT molecular complexity index is 1070. The van der Waals surface area contributed by atoms with Crippen LogP contribution in [-0.2, 0) is 8.92 Å². The normalized spacial score (nSPS) is 18.1. The van der Waals surface area contributed by atoms with Crippen LogP contribution in [0.15, 0.2) is 27.9 Å². The van der Waals surface area contributed by atoms with E-state index < -0.39 is 29.7 Å². The summed E-state index contributed by atoms with van der Waals surface area (Å²) < 4.78 is 11.6. The van der Waals surface area contributed by atoms with E-state index in [4.69, 9.17) is 8.92 Å². The third-order valence-electron chi connectivity index (χ3n) is 4.89. The summed E-state index contributed by atoms with van der Waals surface area (Å²) >= 11 is 3.66. The maximum absolute atomic E-state index is 12.2. The Labute approximate surface area is 209 Å². The fourth-order valence-corrected chi connectivity index (χ4v) is 3.27. The van der Waals surface area contributed by atoms with Crippen molar-refractivity contribution in [3.05, 3.63) is 67.0 Å². The van der Waals surface area contributed by atoms with Gasteiger partial charge in [0.05, 0.1) is 12.7 Å². The van der Waals surface area contributed by atoms with Crippen molar-refractivity contribution in [2.24, 2.45) is 0 Å². The van der Waals surface area contributed by atoms with Crippen molar-refractivity contribution in [1.82, 2.24) is 9.55 Å². The van der Waals surface area contributed by atoms with E-state index in [2.05, 4.69) is 29.7 Å². The fourth-order valence-electron chi connectivity index (χ4n) is 3.13. The van der Waals surface area contributed by atoms with E-state index >= 15 is 0 Å². The molecule has 1 saturated heterocycles. The molecule has 2 N–H and O–H groups in total. The molecule has 0 radical (unpaired) electrons. The average Bonchev–Trinajstić information content (AvgIpc) is 3.20. The SMILES string of the molecule is CC.CC.CC.Cc1cc(C)c(C#Cc2cn(C3C[C@@H](O)C(COS)O3)c(=O)[nH]c2=O)cc1C. The number of ether oxygens (including phenoxy) is 1. The smallest absolute Gasteiger partial charge is 0.330 e. The second kappa shape index (κ2) is 16.3. The Morgan fingerprint density at radius 3 is 2.18 bits per heavy atom. The molecule has 0 spiro atoms. The largest absolute Gasteiger partial charge is 0.390 e. The monoisotopic (exact) mass is 492 g/mol. The molecule has 8 heteroatoms. The van der Waals surface area contributed by atoms with Gasteiger partial charge >= 0.3 is 5.69 Å². The predicted molar refractivity (Wildman–Crippen MR) is 141 cm³/mol. The zero-order valence-corrected chi connectivity index (χ0v) is 22.7. The maximum Gasteiger partial charge on any atom is 0.330 e. The van der Waals surface area contributed by atoms with Gasteiger partial charge in [0.1, 0.15) is 17.9 Å². The van der Waals surface area contributed by atoms with E-state index in [0.29, 0.717) is 0 Å². The van der Waals surface area contributed by atoms with Crippen LogP contribution in [0.4, 0.5) is 0 Å². The van der Waals surface area contributed by atoms with Crippen LogP contribution >= 0.6 is 12.9 Å². The van der Waals surface area contributed by atoms with Crippen LogP contribution < -0.4 is 11.2 Å². The van der Waals surface area contributed by atoms with Crippen molar-refractivity contribution in [2.75, 3.05) is 6.61 Å². The molecule has 0 amide bonds. The number of nitrogens with zero attached hydrogens (tertiary/aromatic N) is 1. The van der Waals surface area contributed by atoms with Crippen LogP contribution in [0, 0.1) is 32.6 Å². The van der Waals surface area contributed by atoms with Gasteiger partial charge in [0, 0.05) is 18.2 Å². The van der Waals surface area contributed by atoms with Gasteiger partial charge in [-0.2, -0.15) is 0 Å². The zero-order valence-electron chi connectivity index (χ0n) is 21.9. The highest BCUT2D eigenvalue weighted by atomic mass is 32.1. The number of aromatic amines is 1. The van der Waals surface area contributed by atoms with Crippen LogP contribution in [0.3, 0.4) is 0 Å². The van der Waals surface area contributed by atoms with Gasteiger partial charge < -0.3 is 14.0 Å². The van der Waals surface area contributed by atoms with E-state index in [1.54, 1.807) is 0 Å². The number of nitrogens with one attached hydrogen (secondary N) is 1. The lowest BCUT2D eigenvalue weighted by molar-refractivity contribution is -0.0376. The lowest BCUT2D eigenvalue weighted by Crippen LogP contribution is -2.33. The molecule has 1 aliphatic heterocycles. The molecule has 0 saturated carbocycles. The molecule has 1 aromatic carbocycles. The van der Waals surface area contributed by atoms with Crippen molar-refractivity contribution >= 4 is 12.9 Å². The Morgan fingerprint density at radius 1 is 1.03 bits per heavy atom. The first-order valence-electron chi connectivity index (χ1n) is 11.9. The van der Waals surface area contributed by atoms with Crippen LogP contribution in [0.5, 0.6) is 0 Å². The van der Waals surface area contributed by atoms with Crippen molar-refractivity contribution < 1.29 is 14.0 Å². The van der Waals surface area contributed by atoms with Gasteiger partial charge in [0.2, 0.25) is 0 Å². The number of rotatable bonds is 3. The van der Waals surface area contributed by atoms with Crippen molar-refractivity contribution in [3.8, 4) is 11.8 Å². The minimum atomic E-state index is -0.802. The van der Waals surface area contributed by atoms with Gasteiger partial charge in [-0.15, -0.1) is 0 Å². The summed E-state index contributed by atoms with van der Waals surface area (Å²) in [5.41, 5.74) is 3.07. The van der Waals surface area contributed by atoms with E-state index in [9.17, 15) is 14.7 Å². The molecule has 2 heterocycles. The number of benzene rings is 1. The van der Waals surface area contributed by atoms with Crippen LogP contribution in [-0.4, -0.2) is 33.5 Å². The first-order chi connectivity index (χ1) is 16.3. The topological polar surface area (TPSA) is 93.6 Å². The fraction of sp³-hybridized carbons (Fsp3) is 0.538. The summed E-state index contributed by atoms with van der Waals surface area (Å²) in [6.45, 7) is 18.1. The molecule has 7 nitrogen and oxygen atoms in total. The minimum Gasteiger partial charge on any atom is -0.390 e. The summed E-state index contributed by atoms with van der Waals surface area (Å²) in [7, 11) is 0. The highest BCUT2D eigenvalue weighted by Crippen LogP contribution is 2.27. The average molecular weight is 493 g/mol. The number of hydrogen-bond donors (Lipinski definition) is 3. The van der Waals surface area contributed by atoms with Crippen molar-refractivity contribution in [2.45, 2.75) is 87.2 Å². The molecular formula is C26H40N2O5S. The number of hydrogen-bond acceptors (Lipinski definition) is 6. The number of aliphatic hydroxyl groups excluding tert-OH is 1. The summed E-state index contributed by atoms with van der Waals surface area (Å²) in [5, 5.41) is 10.0. The summed E-state index contributed by atoms with van der Waals surface area (Å²) in [4.78, 5) is 26.6. The summed E-state index contributed by atoms with van der Waals surface area (Å²) in [5.74, 6) is 5.85. The molecular weight excluding hydrogens is 452 g/mol. The second-order valence-electron chi connectivity index (χ2n) is 6.94. The lowest BCUT2D eigenvalue weighted by atomic mass is 10.0. The molecule has 0 aliphatic carbocycles. The van der Waals surface area contributed by atoms with Crippen molar-refractivity contribution in [1.29, 1.82) is 0 Å². The van der Waals surface area contributed by atoms with E-state index in [-0.39, 0.29) is 18.6 Å². The van der Waals surface area contributed by atoms with Crippen LogP contribution in [0.2, 0.25) is 0 Å². The Morgan fingerprint density at radius 2 is 1.59 bits per heavy atom. The highest BCUT2D eigenvalue weighted by Gasteiger charge is 2.35. The summed E-state index contributed by atoms with van der Waals surface area (Å²) in [6, 6.07) is 4.02. The Balaban J connectivity index is 0.00000168. The van der Waals surface area contributed by atoms with Crippen molar-refractivity contribution in [3.63, 3.8) is 0 Å². The molecule has 3 atom stereocenters. The molecule has 0 bridgehead atoms. The van der Waals surface area contributed by atoms with E-state index in [1.165, 1.54) is 16.3 Å². The van der Waals surface area contributed by atoms with E-state index in [1.807, 2.05) is 74.4 Å². The lowest BCUT2D eigenvalue weighted by Gasteiger charge is -2.15. The molecule has 3 rings (SSSR count). The van der Waals surface area contributed by atoms with Crippen LogP contribution in [0.1, 0.15) is 82.0 Å². The van der Waals surface area contributed by atoms with Gasteiger partial charge in [0.15, 0.2) is 0 Å². The standard InChI is InChI=1S/C20H22N2O5S.3C2H6/c1-11-6-13(3)14(7-12(11)2)4-5-15-9-22(20(25)21-19(15)24)18-8-16(23)17(27-18)10-26-28;3*1-2/h6-7,9,16-18,23,28H,8,10H2,1-3H3,(H,21,24,25);3*1-2H3/t16-,17?,18?;;;/m1.../s1. The Hall–Kier alpha value is -2.31. The number of H-pyrrole nitrogens is 1. The van der Waals surface area contributed by atoms with Gasteiger partial charge in [0.25, 0.3) is 5.56 Å². The summed E-state index contributed by atoms with van der Waals surface area (Å²) in [6.07, 6.45) is -0.572. The van der Waals surface area contributed by atoms with Gasteiger partial charge in [-0.25, -0.2) is 4.79 Å². The van der Waals surface area contributed by atoms with E-state index in [0.717, 1.165) is 16.7 Å². The molecule has 2 aromatic rings. The Kier molecular flexibility index (Phi) is 15.2. The van der Waals surface area contributed by atoms with Gasteiger partial charge in [-0.05, 0) is 56.4 Å². The quantitative estimate of drug-likeness (QED) is 0.334. The highest BCUT2D eigenvalue weighted by molar-refractivity contribution is 7.75. The first-order valence-corrected chi connectivity index (χ1v) is 12.2. The molecule has 1 aliphatic rings. The number of thiol groups is 1. The van der Waals surface area contributed by atoms with Crippen LogP contribution in [0.25, 0.3) is 0 Å². The molecule has 1 aromatic heterocycles. The number of aliphatic hydroxyl groups is 1. The molecule has 1 fully saturated rings. The third-order valence-corrected chi connectivity index (χ3v) is 5.04. The minimum absolute atomic E-state index is 0.0809. The predicted octanol–water partition coefficient (Wildman–Crippen LogP) is 4.45. The van der Waals surface area contributed by atoms with Gasteiger partial charge in [-0.1, -0.05) is 59.4 Å². The number of aromatic nitrogens is 2. The first kappa shape index (κ1) is 31.7. The third kappa shape index (κ3) is 8.48. The molecule has 2 unspecified atom stereocenters.